The molecule has 0 bridgehead atoms. The van der Waals surface area contributed by atoms with Crippen LogP contribution in [0.4, 0.5) is 0 Å². The highest BCUT2D eigenvalue weighted by Gasteiger charge is 2.56. The summed E-state index contributed by atoms with van der Waals surface area (Å²) >= 11 is 0. The van der Waals surface area contributed by atoms with Crippen LogP contribution < -0.4 is 0 Å². The average molecular weight is 821 g/mol. The zero-order valence-corrected chi connectivity index (χ0v) is 31.2. The van der Waals surface area contributed by atoms with Crippen LogP contribution in [-0.4, -0.2) is 178 Å². The van der Waals surface area contributed by atoms with E-state index in [1.165, 1.54) is 13.2 Å². The maximum atomic E-state index is 14.2. The van der Waals surface area contributed by atoms with Crippen molar-refractivity contribution >= 4 is 11.9 Å². The Morgan fingerprint density at radius 2 is 1.37 bits per heavy atom. The minimum atomic E-state index is -1.76. The van der Waals surface area contributed by atoms with Gasteiger partial charge in [0.1, 0.15) is 54.9 Å². The van der Waals surface area contributed by atoms with E-state index in [0.717, 1.165) is 12.5 Å². The van der Waals surface area contributed by atoms with E-state index in [4.69, 9.17) is 47.4 Å². The Bertz CT molecular complexity index is 1470. The van der Waals surface area contributed by atoms with Crippen molar-refractivity contribution in [3.63, 3.8) is 0 Å². The van der Waals surface area contributed by atoms with E-state index < -0.39 is 147 Å². The minimum absolute atomic E-state index is 0.0306. The second kappa shape index (κ2) is 18.6. The van der Waals surface area contributed by atoms with Gasteiger partial charge in [-0.2, -0.15) is 0 Å². The molecule has 5 heterocycles. The lowest BCUT2D eigenvalue weighted by atomic mass is 9.81. The molecule has 57 heavy (non-hydrogen) atoms. The molecule has 4 fully saturated rings. The zero-order valence-electron chi connectivity index (χ0n) is 31.2. The highest BCUT2D eigenvalue weighted by Crippen LogP contribution is 2.49. The standard InChI is InChI=1S/C36H52O21/c1-4-14-15(8-23-49-6-5-22(39)55-23)17(11-50-33(14)56-35-29(44)27(42)25(40)20(9-37)53-35)32(47)52-19-7-16-18(31(46)48-3)12-51-34(24(16)13(19)2)57-36-30(45)28(43)26(41)21(10-38)54-36/h4,11-16,19-30,33-45H,1,5-10H2,2-3H3/t13-,14+,15-,16+,19-,20+,21+,22-,23+,24+,25+,26+,27-,28-,29+,30+,33-,34-,35-,36-/m0/s1. The van der Waals surface area contributed by atoms with E-state index in [1.807, 2.05) is 0 Å². The second-order valence-electron chi connectivity index (χ2n) is 14.9. The smallest absolute Gasteiger partial charge is 0.337 e. The lowest BCUT2D eigenvalue weighted by Gasteiger charge is -2.43. The van der Waals surface area contributed by atoms with E-state index in [1.54, 1.807) is 6.92 Å². The summed E-state index contributed by atoms with van der Waals surface area (Å²) in [6.45, 7) is 4.35. The molecule has 0 aromatic carbocycles. The molecule has 6 aliphatic rings. The van der Waals surface area contributed by atoms with Gasteiger partial charge < -0.3 is 93.3 Å². The van der Waals surface area contributed by atoms with Crippen LogP contribution in [0.1, 0.15) is 26.2 Å². The van der Waals surface area contributed by atoms with Gasteiger partial charge >= 0.3 is 11.9 Å². The summed E-state index contributed by atoms with van der Waals surface area (Å²) < 4.78 is 56.9. The Morgan fingerprint density at radius 1 is 0.789 bits per heavy atom. The Kier molecular flexibility index (Phi) is 14.3. The van der Waals surface area contributed by atoms with Crippen LogP contribution in [0, 0.1) is 29.6 Å². The molecule has 0 amide bonds. The summed E-state index contributed by atoms with van der Waals surface area (Å²) in [7, 11) is 1.18. The molecule has 0 aromatic heterocycles. The lowest BCUT2D eigenvalue weighted by Crippen LogP contribution is -2.60. The van der Waals surface area contributed by atoms with Crippen LogP contribution in [0.5, 0.6) is 0 Å². The molecule has 20 atom stereocenters. The quantitative estimate of drug-likeness (QED) is 0.0677. The number of aliphatic hydroxyl groups excluding tert-OH is 9. The SMILES string of the molecule is C=C[C@H]1[C@H](O[C@@H]2O[C@H](CO)[C@@H](O)[C@H](O)[C@H]2O)OC=C(C(=O)O[C@H]2C[C@@H]3C(C(=O)OC)=CO[C@@H](O[C@@H]4O[C@H](CO)[C@@H](O)[C@H](O)[C@H]4O)[C@@H]3[C@H]2C)[C@H]1C[C@@H]1OCC[C@@H](O)O1. The first-order valence-electron chi connectivity index (χ1n) is 18.7. The monoisotopic (exact) mass is 820 g/mol. The van der Waals surface area contributed by atoms with Gasteiger partial charge in [-0.25, -0.2) is 9.59 Å². The zero-order chi connectivity index (χ0) is 41.3. The molecule has 21 nitrogen and oxygen atoms in total. The molecule has 322 valence electrons. The van der Waals surface area contributed by atoms with Crippen LogP contribution >= 0.6 is 0 Å². The fraction of sp³-hybridized carbons (Fsp3) is 0.778. The van der Waals surface area contributed by atoms with Crippen molar-refractivity contribution in [2.45, 2.75) is 119 Å². The number of hydrogen-bond acceptors (Lipinski definition) is 21. The van der Waals surface area contributed by atoms with Crippen molar-refractivity contribution in [3.8, 4) is 0 Å². The van der Waals surface area contributed by atoms with Gasteiger partial charge in [0, 0.05) is 42.4 Å². The number of carbonyl (C=O) groups excluding carboxylic acids is 2. The maximum absolute atomic E-state index is 14.2. The van der Waals surface area contributed by atoms with Crippen molar-refractivity contribution in [1.29, 1.82) is 0 Å². The van der Waals surface area contributed by atoms with E-state index in [9.17, 15) is 55.5 Å². The number of fused-ring (bicyclic) bond motifs is 1. The average Bonchev–Trinajstić information content (AvgIpc) is 3.53. The first-order valence-corrected chi connectivity index (χ1v) is 18.7. The minimum Gasteiger partial charge on any atom is -0.472 e. The van der Waals surface area contributed by atoms with Crippen molar-refractivity contribution in [2.75, 3.05) is 26.9 Å². The van der Waals surface area contributed by atoms with E-state index >= 15 is 0 Å². The number of rotatable bonds is 12. The van der Waals surface area contributed by atoms with Crippen LogP contribution in [0.15, 0.2) is 36.3 Å². The first-order chi connectivity index (χ1) is 27.2. The van der Waals surface area contributed by atoms with Gasteiger partial charge in [-0.05, 0) is 6.42 Å². The number of hydrogen-bond donors (Lipinski definition) is 9. The van der Waals surface area contributed by atoms with Gasteiger partial charge in [0.25, 0.3) is 0 Å². The molecule has 0 spiro atoms. The third-order valence-corrected chi connectivity index (χ3v) is 11.5. The third-order valence-electron chi connectivity index (χ3n) is 11.5. The molecule has 0 unspecified atom stereocenters. The topological polar surface area (TPSA) is 309 Å². The van der Waals surface area contributed by atoms with Crippen molar-refractivity contribution in [1.82, 2.24) is 0 Å². The molecule has 3 saturated heterocycles. The van der Waals surface area contributed by atoms with Crippen LogP contribution in [0.25, 0.3) is 0 Å². The summed E-state index contributed by atoms with van der Waals surface area (Å²) in [6.07, 6.45) is -17.8. The van der Waals surface area contributed by atoms with Gasteiger partial charge in [-0.3, -0.25) is 0 Å². The van der Waals surface area contributed by atoms with Gasteiger partial charge in [-0.15, -0.1) is 6.58 Å². The maximum Gasteiger partial charge on any atom is 0.337 e. The Labute approximate surface area is 326 Å². The Balaban J connectivity index is 1.23. The second-order valence-corrected chi connectivity index (χ2v) is 14.9. The van der Waals surface area contributed by atoms with Gasteiger partial charge in [0.2, 0.25) is 12.6 Å². The summed E-state index contributed by atoms with van der Waals surface area (Å²) in [5.74, 6) is -5.41. The Morgan fingerprint density at radius 3 is 1.93 bits per heavy atom. The summed E-state index contributed by atoms with van der Waals surface area (Å²) in [5.41, 5.74) is 0.0849. The molecule has 6 rings (SSSR count). The fourth-order valence-electron chi connectivity index (χ4n) is 8.26. The normalized spacial score (nSPS) is 46.0. The summed E-state index contributed by atoms with van der Waals surface area (Å²) in [5, 5.41) is 91.9. The number of aliphatic hydroxyl groups is 9. The summed E-state index contributed by atoms with van der Waals surface area (Å²) in [6, 6.07) is 0. The van der Waals surface area contributed by atoms with Crippen LogP contribution in [-0.2, 0) is 57.0 Å². The van der Waals surface area contributed by atoms with E-state index in [2.05, 4.69) is 6.58 Å². The molecule has 0 radical (unpaired) electrons. The molecule has 1 saturated carbocycles. The molecular formula is C36H52O21. The number of esters is 2. The molecule has 0 aromatic rings. The van der Waals surface area contributed by atoms with Crippen LogP contribution in [0.2, 0.25) is 0 Å². The van der Waals surface area contributed by atoms with Crippen molar-refractivity contribution < 1.29 is 103 Å². The lowest BCUT2D eigenvalue weighted by molar-refractivity contribution is -0.342. The van der Waals surface area contributed by atoms with E-state index in [0.29, 0.717) is 0 Å². The highest BCUT2D eigenvalue weighted by molar-refractivity contribution is 5.90. The number of methoxy groups -OCH3 is 1. The number of ether oxygens (including phenoxy) is 10. The fourth-order valence-corrected chi connectivity index (χ4v) is 8.26. The number of carbonyl (C=O) groups is 2. The van der Waals surface area contributed by atoms with Gasteiger partial charge in [0.05, 0.1) is 50.6 Å². The van der Waals surface area contributed by atoms with Gasteiger partial charge in [0.15, 0.2) is 25.2 Å². The van der Waals surface area contributed by atoms with Crippen molar-refractivity contribution in [3.05, 3.63) is 36.3 Å². The van der Waals surface area contributed by atoms with Crippen LogP contribution in [0.3, 0.4) is 0 Å². The highest BCUT2D eigenvalue weighted by atomic mass is 16.8. The molecule has 5 aliphatic heterocycles. The molecule has 1 aliphatic carbocycles. The predicted molar refractivity (Wildman–Crippen MR) is 182 cm³/mol. The predicted octanol–water partition coefficient (Wildman–Crippen LogP) is -3.65. The summed E-state index contributed by atoms with van der Waals surface area (Å²) in [4.78, 5) is 27.1. The van der Waals surface area contributed by atoms with E-state index in [-0.39, 0.29) is 37.0 Å². The first kappa shape index (κ1) is 43.7. The van der Waals surface area contributed by atoms with Gasteiger partial charge in [-0.1, -0.05) is 13.0 Å². The molecule has 9 N–H and O–H groups in total. The third kappa shape index (κ3) is 8.88. The molecule has 21 heteroatoms. The largest absolute Gasteiger partial charge is 0.472 e. The molecular weight excluding hydrogens is 768 g/mol. The van der Waals surface area contributed by atoms with Crippen molar-refractivity contribution in [2.24, 2.45) is 29.6 Å². The Hall–Kier alpha value is -2.84.